The zero-order chi connectivity index (χ0) is 27.3. The van der Waals surface area contributed by atoms with Gasteiger partial charge in [0, 0.05) is 0 Å². The summed E-state index contributed by atoms with van der Waals surface area (Å²) >= 11 is 0. The summed E-state index contributed by atoms with van der Waals surface area (Å²) < 4.78 is 4.83. The average Bonchev–Trinajstić information content (AvgIpc) is 3.51. The Morgan fingerprint density at radius 3 is 1.65 bits per heavy atom. The number of aromatic nitrogens is 3. The molecular weight excluding hydrogens is 708 g/mol. The molecule has 0 unspecified atom stereocenters. The summed E-state index contributed by atoms with van der Waals surface area (Å²) in [6.07, 6.45) is 1.61. The molecule has 0 aliphatic carbocycles. The van der Waals surface area contributed by atoms with E-state index in [-0.39, 0.29) is 29.0 Å². The second-order valence-corrected chi connectivity index (χ2v) is 10.8. The van der Waals surface area contributed by atoms with E-state index in [4.69, 9.17) is 9.84 Å². The van der Waals surface area contributed by atoms with Crippen LogP contribution in [0.15, 0.2) is 121 Å². The fourth-order valence-corrected chi connectivity index (χ4v) is 6.38. The van der Waals surface area contributed by atoms with Crippen molar-refractivity contribution in [3.8, 4) is 0 Å². The Bertz CT molecular complexity index is 1330. The molecule has 1 heterocycles. The second-order valence-electron chi connectivity index (χ2n) is 8.28. The Morgan fingerprint density at radius 2 is 1.25 bits per heavy atom. The summed E-state index contributed by atoms with van der Waals surface area (Å²) in [7, 11) is -0.877. The SMILES string of the molecule is O=C(N[C@@H](C(=O)O)c1ccccc1)OCc1[c-]nn[nH]1.[Au+].c1ccc([PH+](c2ccccc2)c2ccccc2)cc1. The predicted octanol–water partition coefficient (Wildman–Crippen LogP) is 3.83. The summed E-state index contributed by atoms with van der Waals surface area (Å²) in [4.78, 5) is 22.7. The van der Waals surface area contributed by atoms with Gasteiger partial charge in [-0.05, 0) is 42.0 Å². The average molecular weight is 736 g/mol. The topological polar surface area (TPSA) is 117 Å². The van der Waals surface area contributed by atoms with Gasteiger partial charge >= 0.3 is 34.4 Å². The van der Waals surface area contributed by atoms with E-state index in [1.807, 2.05) is 0 Å². The summed E-state index contributed by atoms with van der Waals surface area (Å²) in [6, 6.07) is 39.6. The van der Waals surface area contributed by atoms with Gasteiger partial charge in [0.25, 0.3) is 0 Å². The van der Waals surface area contributed by atoms with Crippen LogP contribution in [0.25, 0.3) is 0 Å². The molecule has 3 N–H and O–H groups in total. The van der Waals surface area contributed by atoms with Crippen molar-refractivity contribution >= 4 is 35.9 Å². The third kappa shape index (κ3) is 9.00. The number of H-pyrrole nitrogens is 1. The fourth-order valence-electron chi connectivity index (χ4n) is 3.81. The molecule has 0 bridgehead atoms. The molecule has 0 fully saturated rings. The van der Waals surface area contributed by atoms with Crippen LogP contribution in [-0.4, -0.2) is 32.6 Å². The third-order valence-electron chi connectivity index (χ3n) is 5.60. The Kier molecular flexibility index (Phi) is 12.3. The number of alkyl carbamates (subject to hydrolysis) is 1. The first-order chi connectivity index (χ1) is 19.1. The minimum atomic E-state index is -1.18. The van der Waals surface area contributed by atoms with Gasteiger partial charge in [-0.15, -0.1) is 5.21 Å². The molecule has 1 atom stereocenters. The number of amides is 1. The molecule has 8 nitrogen and oxygen atoms in total. The number of aliphatic carboxylic acids is 1. The Morgan fingerprint density at radius 1 is 0.800 bits per heavy atom. The number of hydrogen-bond acceptors (Lipinski definition) is 5. The molecule has 1 aromatic heterocycles. The van der Waals surface area contributed by atoms with E-state index < -0.39 is 26.0 Å². The number of benzene rings is 4. The molecule has 5 rings (SSSR count). The van der Waals surface area contributed by atoms with Crippen LogP contribution in [0.4, 0.5) is 4.79 Å². The largest absolute Gasteiger partial charge is 1.00 e. The number of nitrogens with one attached hydrogen (secondary N) is 2. The zero-order valence-corrected chi connectivity index (χ0v) is 24.4. The number of carbonyl (C=O) groups excluding carboxylic acids is 1. The molecular formula is C30H27AuN4O4P+. The Hall–Kier alpha value is -4.07. The minimum absolute atomic E-state index is 0. The standard InChI is InChI=1S/C18H15P.C12H11N4O4.Au/c1-4-10-16(11-5-1)19(17-12-6-2-7-13-17)18-14-8-3-9-15-18;17-11(18)10(8-4-2-1-3-5-8)14-12(19)20-7-9-6-13-16-15-9;/h1-15H;1-5,10H,7H2,(H,14,19)(H,17,18)(H,13,15,16);/q;-1;+1/p+1/t;10-;/m.1./s1. The minimum Gasteiger partial charge on any atom is -0.479 e. The fraction of sp³-hybridized carbons (Fsp3) is 0.0667. The number of carboxylic acid groups (broad SMARTS) is 1. The third-order valence-corrected chi connectivity index (χ3v) is 8.33. The Labute approximate surface area is 249 Å². The smallest absolute Gasteiger partial charge is 0.479 e. The maximum absolute atomic E-state index is 11.6. The van der Waals surface area contributed by atoms with Gasteiger partial charge in [0.1, 0.15) is 22.5 Å². The monoisotopic (exact) mass is 735 g/mol. The maximum Gasteiger partial charge on any atom is 1.00 e. The van der Waals surface area contributed by atoms with Crippen molar-refractivity contribution in [1.29, 1.82) is 0 Å². The van der Waals surface area contributed by atoms with Gasteiger partial charge in [-0.3, -0.25) is 5.10 Å². The van der Waals surface area contributed by atoms with E-state index in [9.17, 15) is 9.59 Å². The summed E-state index contributed by atoms with van der Waals surface area (Å²) in [6.45, 7) is -0.125. The molecule has 10 heteroatoms. The molecule has 0 aliphatic rings. The van der Waals surface area contributed by atoms with E-state index in [0.29, 0.717) is 11.3 Å². The van der Waals surface area contributed by atoms with Crippen molar-refractivity contribution in [2.75, 3.05) is 0 Å². The summed E-state index contributed by atoms with van der Waals surface area (Å²) in [5.41, 5.74) is 0.832. The molecule has 4 aromatic carbocycles. The van der Waals surface area contributed by atoms with Crippen molar-refractivity contribution in [2.24, 2.45) is 0 Å². The number of carboxylic acids is 1. The van der Waals surface area contributed by atoms with Crippen LogP contribution in [0.1, 0.15) is 17.3 Å². The second kappa shape index (κ2) is 16.1. The first-order valence-corrected chi connectivity index (χ1v) is 13.6. The van der Waals surface area contributed by atoms with Crippen molar-refractivity contribution in [3.63, 3.8) is 0 Å². The van der Waals surface area contributed by atoms with Crippen molar-refractivity contribution in [3.05, 3.63) is 139 Å². The molecule has 0 aliphatic heterocycles. The van der Waals surface area contributed by atoms with Crippen LogP contribution in [-0.2, 0) is 38.5 Å². The van der Waals surface area contributed by atoms with Gasteiger partial charge < -0.3 is 26.5 Å². The number of aromatic amines is 1. The van der Waals surface area contributed by atoms with Gasteiger partial charge in [-0.1, -0.05) is 90.6 Å². The first-order valence-electron chi connectivity index (χ1n) is 12.1. The number of rotatable bonds is 8. The normalized spacial score (nSPS) is 10.8. The van der Waals surface area contributed by atoms with Gasteiger partial charge in [0.15, 0.2) is 6.04 Å². The quantitative estimate of drug-likeness (QED) is 0.127. The molecule has 0 radical (unpaired) electrons. The van der Waals surface area contributed by atoms with Gasteiger partial charge in [-0.2, -0.15) is 0 Å². The van der Waals surface area contributed by atoms with E-state index in [2.05, 4.69) is 118 Å². The number of nitrogens with zero attached hydrogens (tertiary/aromatic N) is 2. The summed E-state index contributed by atoms with van der Waals surface area (Å²) in [5, 5.41) is 25.0. The van der Waals surface area contributed by atoms with E-state index >= 15 is 0 Å². The molecule has 40 heavy (non-hydrogen) atoms. The zero-order valence-electron chi connectivity index (χ0n) is 21.2. The van der Waals surface area contributed by atoms with Crippen LogP contribution in [0.2, 0.25) is 0 Å². The van der Waals surface area contributed by atoms with Gasteiger partial charge in [0.05, 0.1) is 7.92 Å². The predicted molar refractivity (Wildman–Crippen MR) is 152 cm³/mol. The summed E-state index contributed by atoms with van der Waals surface area (Å²) in [5.74, 6) is -1.18. The number of hydrogen-bond donors (Lipinski definition) is 3. The van der Waals surface area contributed by atoms with Crippen LogP contribution in [0, 0.1) is 6.20 Å². The molecule has 0 spiro atoms. The number of carbonyl (C=O) groups is 2. The Balaban J connectivity index is 0.000000215. The van der Waals surface area contributed by atoms with Gasteiger partial charge in [0.2, 0.25) is 0 Å². The number of ether oxygens (including phenoxy) is 1. The maximum atomic E-state index is 11.6. The van der Waals surface area contributed by atoms with E-state index in [1.54, 1.807) is 30.3 Å². The van der Waals surface area contributed by atoms with Crippen LogP contribution < -0.4 is 21.2 Å². The van der Waals surface area contributed by atoms with E-state index in [1.165, 1.54) is 15.9 Å². The van der Waals surface area contributed by atoms with Gasteiger partial charge in [-0.25, -0.2) is 9.59 Å². The molecule has 206 valence electrons. The molecule has 0 saturated heterocycles. The first kappa shape index (κ1) is 30.5. The molecule has 0 saturated carbocycles. The van der Waals surface area contributed by atoms with Crippen LogP contribution in [0.3, 0.4) is 0 Å². The molecule has 1 amide bonds. The molecule has 5 aromatic rings. The van der Waals surface area contributed by atoms with Crippen LogP contribution in [0.5, 0.6) is 0 Å². The van der Waals surface area contributed by atoms with E-state index in [0.717, 1.165) is 0 Å². The van der Waals surface area contributed by atoms with Crippen molar-refractivity contribution < 1.29 is 41.8 Å². The van der Waals surface area contributed by atoms with Crippen molar-refractivity contribution in [2.45, 2.75) is 12.6 Å². The van der Waals surface area contributed by atoms with Crippen molar-refractivity contribution in [1.82, 2.24) is 20.7 Å². The van der Waals surface area contributed by atoms with Crippen LogP contribution >= 0.6 is 7.92 Å².